The van der Waals surface area contributed by atoms with Crippen molar-refractivity contribution in [2.45, 2.75) is 32.2 Å². The topological polar surface area (TPSA) is 90.0 Å². The number of nitrogens with one attached hydrogen (secondary N) is 1. The van der Waals surface area contributed by atoms with Crippen LogP contribution in [0.5, 0.6) is 0 Å². The van der Waals surface area contributed by atoms with Gasteiger partial charge >= 0.3 is 12.0 Å². The number of piperidine rings is 1. The number of rotatable bonds is 4. The van der Waals surface area contributed by atoms with Crippen molar-refractivity contribution < 1.29 is 19.5 Å². The lowest BCUT2D eigenvalue weighted by molar-refractivity contribution is -0.137. The van der Waals surface area contributed by atoms with Gasteiger partial charge in [0.1, 0.15) is 0 Å². The summed E-state index contributed by atoms with van der Waals surface area (Å²) in [6.07, 6.45) is 1.41. The second-order valence-corrected chi connectivity index (χ2v) is 5.47. The molecular formula is C13H23N3O4. The highest BCUT2D eigenvalue weighted by atomic mass is 16.4. The molecule has 1 aliphatic heterocycles. The van der Waals surface area contributed by atoms with E-state index in [2.05, 4.69) is 5.32 Å². The largest absolute Gasteiger partial charge is 0.481 e. The van der Waals surface area contributed by atoms with Crippen molar-refractivity contribution in [3.63, 3.8) is 0 Å². The van der Waals surface area contributed by atoms with E-state index in [1.165, 1.54) is 4.90 Å². The van der Waals surface area contributed by atoms with Gasteiger partial charge in [-0.25, -0.2) is 4.79 Å². The second-order valence-electron chi connectivity index (χ2n) is 5.47. The number of hydrogen-bond donors (Lipinski definition) is 2. The van der Waals surface area contributed by atoms with Gasteiger partial charge in [0.25, 0.3) is 0 Å². The number of aliphatic carboxylic acids is 1. The van der Waals surface area contributed by atoms with Crippen LogP contribution in [0.1, 0.15) is 26.2 Å². The van der Waals surface area contributed by atoms with E-state index >= 15 is 0 Å². The number of carboxylic acid groups (broad SMARTS) is 1. The number of urea groups is 1. The van der Waals surface area contributed by atoms with Crippen LogP contribution >= 0.6 is 0 Å². The van der Waals surface area contributed by atoms with Crippen molar-refractivity contribution in [3.8, 4) is 0 Å². The van der Waals surface area contributed by atoms with Gasteiger partial charge in [-0.1, -0.05) is 0 Å². The lowest BCUT2D eigenvalue weighted by atomic mass is 9.97. The summed E-state index contributed by atoms with van der Waals surface area (Å²) in [5.74, 6) is -1.37. The van der Waals surface area contributed by atoms with Crippen LogP contribution in [0.2, 0.25) is 0 Å². The Bertz CT molecular complexity index is 384. The quantitative estimate of drug-likeness (QED) is 0.780. The second kappa shape index (κ2) is 7.12. The molecule has 0 saturated carbocycles. The average Bonchev–Trinajstić information content (AvgIpc) is 2.36. The Labute approximate surface area is 118 Å². The fourth-order valence-corrected chi connectivity index (χ4v) is 2.32. The predicted octanol–water partition coefficient (Wildman–Crippen LogP) is 0.359. The average molecular weight is 285 g/mol. The van der Waals surface area contributed by atoms with Crippen molar-refractivity contribution in [1.29, 1.82) is 0 Å². The molecule has 1 rings (SSSR count). The third kappa shape index (κ3) is 4.71. The highest BCUT2D eigenvalue weighted by Crippen LogP contribution is 2.17. The molecule has 2 N–H and O–H groups in total. The fraction of sp³-hybridized carbons (Fsp3) is 0.769. The Kier molecular flexibility index (Phi) is 5.79. The molecule has 1 fully saturated rings. The van der Waals surface area contributed by atoms with Gasteiger partial charge in [0.05, 0.1) is 12.3 Å². The van der Waals surface area contributed by atoms with Crippen molar-refractivity contribution >= 4 is 17.9 Å². The van der Waals surface area contributed by atoms with Crippen LogP contribution in [0.3, 0.4) is 0 Å². The summed E-state index contributed by atoms with van der Waals surface area (Å²) in [5, 5.41) is 11.4. The Morgan fingerprint density at radius 2 is 2.05 bits per heavy atom. The molecule has 1 heterocycles. The zero-order valence-electron chi connectivity index (χ0n) is 12.3. The Morgan fingerprint density at radius 1 is 1.40 bits per heavy atom. The van der Waals surface area contributed by atoms with E-state index in [4.69, 9.17) is 5.11 Å². The van der Waals surface area contributed by atoms with Crippen LogP contribution in [0.25, 0.3) is 0 Å². The third-order valence-electron chi connectivity index (χ3n) is 3.31. The minimum absolute atomic E-state index is 0.0962. The molecule has 114 valence electrons. The molecular weight excluding hydrogens is 262 g/mol. The van der Waals surface area contributed by atoms with Crippen LogP contribution in [-0.4, -0.2) is 66.0 Å². The Hall–Kier alpha value is -1.79. The maximum absolute atomic E-state index is 12.1. The SMILES string of the molecule is CC(CC(=O)O)NC(=O)C1CCCN(C(=O)N(C)C)C1. The van der Waals surface area contributed by atoms with Crippen LogP contribution < -0.4 is 5.32 Å². The van der Waals surface area contributed by atoms with Gasteiger partial charge in [0.15, 0.2) is 0 Å². The first-order chi connectivity index (χ1) is 9.31. The smallest absolute Gasteiger partial charge is 0.319 e. The molecule has 2 unspecified atom stereocenters. The van der Waals surface area contributed by atoms with Gasteiger partial charge in [0.2, 0.25) is 5.91 Å². The highest BCUT2D eigenvalue weighted by molar-refractivity contribution is 5.81. The van der Waals surface area contributed by atoms with Crippen molar-refractivity contribution in [3.05, 3.63) is 0 Å². The summed E-state index contributed by atoms with van der Waals surface area (Å²) in [4.78, 5) is 37.7. The van der Waals surface area contributed by atoms with E-state index < -0.39 is 12.0 Å². The maximum Gasteiger partial charge on any atom is 0.319 e. The van der Waals surface area contributed by atoms with E-state index in [9.17, 15) is 14.4 Å². The summed E-state index contributed by atoms with van der Waals surface area (Å²) in [6, 6.07) is -0.499. The lowest BCUT2D eigenvalue weighted by Crippen LogP contribution is -2.49. The molecule has 0 aromatic rings. The molecule has 1 aliphatic rings. The minimum atomic E-state index is -0.939. The van der Waals surface area contributed by atoms with Gasteiger partial charge in [-0.3, -0.25) is 9.59 Å². The molecule has 0 aromatic carbocycles. The van der Waals surface area contributed by atoms with Gasteiger partial charge in [0, 0.05) is 33.2 Å². The highest BCUT2D eigenvalue weighted by Gasteiger charge is 2.29. The van der Waals surface area contributed by atoms with Gasteiger partial charge in [-0.15, -0.1) is 0 Å². The first-order valence-electron chi connectivity index (χ1n) is 6.79. The van der Waals surface area contributed by atoms with E-state index in [1.54, 1.807) is 25.9 Å². The van der Waals surface area contributed by atoms with Crippen molar-refractivity contribution in [1.82, 2.24) is 15.1 Å². The van der Waals surface area contributed by atoms with Crippen LogP contribution in [0, 0.1) is 5.92 Å². The molecule has 0 aromatic heterocycles. The Morgan fingerprint density at radius 3 is 2.60 bits per heavy atom. The molecule has 1 saturated heterocycles. The minimum Gasteiger partial charge on any atom is -0.481 e. The molecule has 0 radical (unpaired) electrons. The molecule has 0 spiro atoms. The zero-order valence-corrected chi connectivity index (χ0v) is 12.3. The molecule has 7 heteroatoms. The number of carbonyl (C=O) groups excluding carboxylic acids is 2. The van der Waals surface area contributed by atoms with E-state index in [0.29, 0.717) is 13.1 Å². The van der Waals surface area contributed by atoms with Crippen LogP contribution in [0.15, 0.2) is 0 Å². The fourth-order valence-electron chi connectivity index (χ4n) is 2.32. The summed E-state index contributed by atoms with van der Waals surface area (Å²) >= 11 is 0. The maximum atomic E-state index is 12.1. The summed E-state index contributed by atoms with van der Waals surface area (Å²) < 4.78 is 0. The Balaban J connectivity index is 2.52. The molecule has 0 aliphatic carbocycles. The predicted molar refractivity (Wildman–Crippen MR) is 73.2 cm³/mol. The third-order valence-corrected chi connectivity index (χ3v) is 3.31. The standard InChI is InChI=1S/C13H23N3O4/c1-9(7-11(17)18)14-12(19)10-5-4-6-16(8-10)13(20)15(2)3/h9-10H,4-8H2,1-3H3,(H,14,19)(H,17,18). The van der Waals surface area contributed by atoms with Gasteiger partial charge in [-0.05, 0) is 19.8 Å². The number of amides is 3. The number of nitrogens with zero attached hydrogens (tertiary/aromatic N) is 2. The van der Waals surface area contributed by atoms with E-state index in [0.717, 1.165) is 12.8 Å². The summed E-state index contributed by atoms with van der Waals surface area (Å²) in [6.45, 7) is 2.71. The zero-order chi connectivity index (χ0) is 15.3. The number of carbonyl (C=O) groups is 3. The summed E-state index contributed by atoms with van der Waals surface area (Å²) in [5.41, 5.74) is 0. The number of carboxylic acids is 1. The normalized spacial score (nSPS) is 20.1. The first kappa shape index (κ1) is 16.3. The molecule has 20 heavy (non-hydrogen) atoms. The van der Waals surface area contributed by atoms with Crippen LogP contribution in [-0.2, 0) is 9.59 Å². The first-order valence-corrected chi connectivity index (χ1v) is 6.79. The van der Waals surface area contributed by atoms with E-state index in [-0.39, 0.29) is 24.3 Å². The molecule has 7 nitrogen and oxygen atoms in total. The lowest BCUT2D eigenvalue weighted by Gasteiger charge is -2.34. The van der Waals surface area contributed by atoms with Crippen LogP contribution in [0.4, 0.5) is 4.79 Å². The van der Waals surface area contributed by atoms with Crippen molar-refractivity contribution in [2.24, 2.45) is 5.92 Å². The van der Waals surface area contributed by atoms with E-state index in [1.807, 2.05) is 0 Å². The molecule has 0 bridgehead atoms. The number of hydrogen-bond acceptors (Lipinski definition) is 3. The molecule has 3 amide bonds. The van der Waals surface area contributed by atoms with Gasteiger partial charge < -0.3 is 20.2 Å². The van der Waals surface area contributed by atoms with Gasteiger partial charge in [-0.2, -0.15) is 0 Å². The summed E-state index contributed by atoms with van der Waals surface area (Å²) in [7, 11) is 3.36. The van der Waals surface area contributed by atoms with Crippen molar-refractivity contribution in [2.75, 3.05) is 27.2 Å². The number of likely N-dealkylation sites (tertiary alicyclic amines) is 1. The molecule has 2 atom stereocenters. The monoisotopic (exact) mass is 285 g/mol.